The largest absolute Gasteiger partial charge is 0.416 e. The molecule has 4 N–H and O–H groups in total. The van der Waals surface area contributed by atoms with Gasteiger partial charge in [-0.1, -0.05) is 36.4 Å². The van der Waals surface area contributed by atoms with Crippen molar-refractivity contribution in [3.8, 4) is 11.1 Å². The number of nitrogens with two attached hydrogens (primary N) is 1. The minimum absolute atomic E-state index is 0.353. The summed E-state index contributed by atoms with van der Waals surface area (Å²) in [7, 11) is 0. The summed E-state index contributed by atoms with van der Waals surface area (Å²) in [6.07, 6.45) is -3.70. The highest BCUT2D eigenvalue weighted by Crippen LogP contribution is 2.32. The number of nitrogens with one attached hydrogen (secondary N) is 2. The first-order chi connectivity index (χ1) is 16.8. The molecule has 4 aromatic rings. The Bertz CT molecular complexity index is 1300. The quantitative estimate of drug-likeness (QED) is 0.294. The van der Waals surface area contributed by atoms with Crippen molar-refractivity contribution in [2.75, 3.05) is 22.9 Å². The van der Waals surface area contributed by atoms with E-state index < -0.39 is 11.7 Å². The second-order valence-electron chi connectivity index (χ2n) is 7.88. The number of amides is 1. The number of aromatic nitrogens is 1. The van der Waals surface area contributed by atoms with Crippen LogP contribution in [0.1, 0.15) is 21.6 Å². The van der Waals surface area contributed by atoms with Gasteiger partial charge in [0.15, 0.2) is 0 Å². The Balaban J connectivity index is 1.40. The molecule has 178 valence electrons. The Morgan fingerprint density at radius 2 is 1.51 bits per heavy atom. The monoisotopic (exact) mass is 476 g/mol. The second-order valence-corrected chi connectivity index (χ2v) is 7.88. The maximum Gasteiger partial charge on any atom is 0.416 e. The number of rotatable bonds is 7. The average molecular weight is 477 g/mol. The van der Waals surface area contributed by atoms with E-state index in [1.54, 1.807) is 42.5 Å². The standard InChI is InChI=1S/C27H23F3N4O/c28-27(29,30)19-10-8-18(9-11-19)23-5-1-2-6-24(23)26(35)34-22-14-12-20(13-15-22)32-17-16-21-4-3-7-25(31)33-21/h1-15,32H,16-17H2,(H2,31,33)(H,34,35). The highest BCUT2D eigenvalue weighted by Gasteiger charge is 2.30. The highest BCUT2D eigenvalue weighted by atomic mass is 19.4. The van der Waals surface area contributed by atoms with Crippen LogP contribution in [0.15, 0.2) is 91.0 Å². The van der Waals surface area contributed by atoms with Gasteiger partial charge in [-0.25, -0.2) is 4.98 Å². The Labute approximate surface area is 200 Å². The molecule has 0 atom stereocenters. The van der Waals surface area contributed by atoms with Gasteiger partial charge in [0.25, 0.3) is 5.91 Å². The summed E-state index contributed by atoms with van der Waals surface area (Å²) >= 11 is 0. The van der Waals surface area contributed by atoms with Crippen molar-refractivity contribution in [1.29, 1.82) is 0 Å². The maximum absolute atomic E-state index is 13.0. The van der Waals surface area contributed by atoms with Crippen LogP contribution in [0.4, 0.5) is 30.4 Å². The number of benzene rings is 3. The van der Waals surface area contributed by atoms with E-state index in [0.717, 1.165) is 23.5 Å². The number of hydrogen-bond donors (Lipinski definition) is 3. The molecule has 0 saturated carbocycles. The summed E-state index contributed by atoms with van der Waals surface area (Å²) in [6.45, 7) is 0.669. The average Bonchev–Trinajstić information content (AvgIpc) is 2.85. The van der Waals surface area contributed by atoms with E-state index in [1.165, 1.54) is 12.1 Å². The first-order valence-electron chi connectivity index (χ1n) is 10.9. The Hall–Kier alpha value is -4.33. The first-order valence-corrected chi connectivity index (χ1v) is 10.9. The summed E-state index contributed by atoms with van der Waals surface area (Å²) in [4.78, 5) is 17.2. The molecular weight excluding hydrogens is 453 g/mol. The third-order valence-corrected chi connectivity index (χ3v) is 5.38. The van der Waals surface area contributed by atoms with Crippen LogP contribution < -0.4 is 16.4 Å². The van der Waals surface area contributed by atoms with Gasteiger partial charge in [0.2, 0.25) is 0 Å². The van der Waals surface area contributed by atoms with E-state index in [0.29, 0.717) is 41.2 Å². The van der Waals surface area contributed by atoms with Crippen molar-refractivity contribution in [1.82, 2.24) is 4.98 Å². The van der Waals surface area contributed by atoms with Crippen molar-refractivity contribution in [3.05, 3.63) is 108 Å². The van der Waals surface area contributed by atoms with Crippen LogP contribution in [0.2, 0.25) is 0 Å². The number of nitrogen functional groups attached to an aromatic ring is 1. The predicted octanol–water partition coefficient (Wildman–Crippen LogP) is 6.26. The van der Waals surface area contributed by atoms with Gasteiger partial charge in [0.05, 0.1) is 5.56 Å². The van der Waals surface area contributed by atoms with E-state index in [1.807, 2.05) is 24.3 Å². The number of anilines is 3. The van der Waals surface area contributed by atoms with Crippen LogP contribution in [0.3, 0.4) is 0 Å². The molecule has 0 fully saturated rings. The van der Waals surface area contributed by atoms with Crippen molar-refractivity contribution < 1.29 is 18.0 Å². The molecule has 0 aliphatic heterocycles. The van der Waals surface area contributed by atoms with Crippen molar-refractivity contribution >= 4 is 23.1 Å². The van der Waals surface area contributed by atoms with E-state index in [2.05, 4.69) is 15.6 Å². The minimum Gasteiger partial charge on any atom is -0.385 e. The molecule has 0 spiro atoms. The van der Waals surface area contributed by atoms with Gasteiger partial charge in [0, 0.05) is 35.6 Å². The van der Waals surface area contributed by atoms with Gasteiger partial charge < -0.3 is 16.4 Å². The van der Waals surface area contributed by atoms with Crippen molar-refractivity contribution in [2.45, 2.75) is 12.6 Å². The number of pyridine rings is 1. The molecule has 0 bridgehead atoms. The van der Waals surface area contributed by atoms with Crippen molar-refractivity contribution in [2.24, 2.45) is 0 Å². The molecule has 0 aliphatic rings. The van der Waals surface area contributed by atoms with E-state index in [9.17, 15) is 18.0 Å². The predicted molar refractivity (Wildman–Crippen MR) is 132 cm³/mol. The minimum atomic E-state index is -4.41. The van der Waals surface area contributed by atoms with E-state index >= 15 is 0 Å². The molecule has 4 rings (SSSR count). The highest BCUT2D eigenvalue weighted by molar-refractivity contribution is 6.08. The third-order valence-electron chi connectivity index (χ3n) is 5.38. The molecule has 5 nitrogen and oxygen atoms in total. The molecule has 35 heavy (non-hydrogen) atoms. The van der Waals surface area contributed by atoms with Gasteiger partial charge in [-0.05, 0) is 65.7 Å². The lowest BCUT2D eigenvalue weighted by Crippen LogP contribution is -2.13. The zero-order chi connectivity index (χ0) is 24.8. The fourth-order valence-corrected chi connectivity index (χ4v) is 3.61. The molecule has 0 saturated heterocycles. The molecule has 8 heteroatoms. The molecular formula is C27H23F3N4O. The molecule has 0 radical (unpaired) electrons. The lowest BCUT2D eigenvalue weighted by atomic mass is 9.98. The molecule has 3 aromatic carbocycles. The van der Waals surface area contributed by atoms with E-state index in [-0.39, 0.29) is 5.91 Å². The summed E-state index contributed by atoms with van der Waals surface area (Å²) in [5.74, 6) is 0.136. The van der Waals surface area contributed by atoms with Gasteiger partial charge >= 0.3 is 6.18 Å². The van der Waals surface area contributed by atoms with Crippen molar-refractivity contribution in [3.63, 3.8) is 0 Å². The fourth-order valence-electron chi connectivity index (χ4n) is 3.61. The first kappa shape index (κ1) is 23.8. The normalized spacial score (nSPS) is 11.2. The Kier molecular flexibility index (Phi) is 7.01. The van der Waals surface area contributed by atoms with Gasteiger partial charge in [-0.3, -0.25) is 4.79 Å². The van der Waals surface area contributed by atoms with Gasteiger partial charge in [-0.2, -0.15) is 13.2 Å². The molecule has 0 aliphatic carbocycles. The number of halogens is 3. The summed E-state index contributed by atoms with van der Waals surface area (Å²) < 4.78 is 38.7. The number of hydrogen-bond acceptors (Lipinski definition) is 4. The number of nitrogens with zero attached hydrogens (tertiary/aromatic N) is 1. The topological polar surface area (TPSA) is 80.0 Å². The SMILES string of the molecule is Nc1cccc(CCNc2ccc(NC(=O)c3ccccc3-c3ccc(C(F)(F)F)cc3)cc2)n1. The van der Waals surface area contributed by atoms with Gasteiger partial charge in [-0.15, -0.1) is 0 Å². The molecule has 1 heterocycles. The zero-order valence-corrected chi connectivity index (χ0v) is 18.6. The lowest BCUT2D eigenvalue weighted by molar-refractivity contribution is -0.137. The van der Waals surface area contributed by atoms with Crippen LogP contribution in [-0.2, 0) is 12.6 Å². The molecule has 1 aromatic heterocycles. The van der Waals surface area contributed by atoms with Crippen LogP contribution in [0.5, 0.6) is 0 Å². The van der Waals surface area contributed by atoms with Crippen LogP contribution in [0.25, 0.3) is 11.1 Å². The lowest BCUT2D eigenvalue weighted by Gasteiger charge is -2.12. The number of alkyl halides is 3. The fraction of sp³-hybridized carbons (Fsp3) is 0.111. The molecule has 0 unspecified atom stereocenters. The Morgan fingerprint density at radius 1 is 0.829 bits per heavy atom. The van der Waals surface area contributed by atoms with Crippen LogP contribution in [-0.4, -0.2) is 17.4 Å². The maximum atomic E-state index is 13.0. The Morgan fingerprint density at radius 3 is 2.20 bits per heavy atom. The summed E-state index contributed by atoms with van der Waals surface area (Å²) in [5.41, 5.74) is 8.78. The smallest absolute Gasteiger partial charge is 0.385 e. The summed E-state index contributed by atoms with van der Waals surface area (Å²) in [6, 6.07) is 24.3. The zero-order valence-electron chi connectivity index (χ0n) is 18.6. The summed E-state index contributed by atoms with van der Waals surface area (Å²) in [5, 5.41) is 6.15. The molecule has 1 amide bonds. The number of carbonyl (C=O) groups is 1. The number of carbonyl (C=O) groups excluding carboxylic acids is 1. The van der Waals surface area contributed by atoms with Crippen LogP contribution in [0, 0.1) is 0 Å². The second kappa shape index (κ2) is 10.3. The van der Waals surface area contributed by atoms with Gasteiger partial charge in [0.1, 0.15) is 5.82 Å². The third kappa shape index (κ3) is 6.17. The van der Waals surface area contributed by atoms with Crippen LogP contribution >= 0.6 is 0 Å². The van der Waals surface area contributed by atoms with E-state index in [4.69, 9.17) is 5.73 Å².